The Bertz CT molecular complexity index is 694. The number of halogens is 1. The van der Waals surface area contributed by atoms with Gasteiger partial charge in [-0.1, -0.05) is 42.5 Å². The van der Waals surface area contributed by atoms with Crippen molar-refractivity contribution in [3.8, 4) is 5.75 Å². The van der Waals surface area contributed by atoms with E-state index >= 15 is 0 Å². The number of ether oxygens (including phenoxy) is 2. The van der Waals surface area contributed by atoms with Crippen LogP contribution in [0.3, 0.4) is 0 Å². The van der Waals surface area contributed by atoms with E-state index in [9.17, 15) is 4.79 Å². The van der Waals surface area contributed by atoms with Gasteiger partial charge < -0.3 is 20.1 Å². The van der Waals surface area contributed by atoms with Crippen molar-refractivity contribution in [2.24, 2.45) is 0 Å². The second-order valence-corrected chi connectivity index (χ2v) is 6.47. The molecule has 0 bridgehead atoms. The van der Waals surface area contributed by atoms with Gasteiger partial charge >= 0.3 is 0 Å². The number of carbonyl (C=O) groups excluding carboxylic acids is 1. The summed E-state index contributed by atoms with van der Waals surface area (Å²) in [5, 5.41) is 6.18. The maximum absolute atomic E-state index is 12.2. The number of hydrogen-bond donors (Lipinski definition) is 2. The first-order chi connectivity index (χ1) is 12.7. The van der Waals surface area contributed by atoms with Crippen LogP contribution in [-0.4, -0.2) is 37.7 Å². The van der Waals surface area contributed by atoms with Crippen LogP contribution in [0.4, 0.5) is 0 Å². The maximum atomic E-state index is 12.2. The summed E-state index contributed by atoms with van der Waals surface area (Å²) in [5.41, 5.74) is 2.31. The Morgan fingerprint density at radius 3 is 2.59 bits per heavy atom. The molecule has 1 heterocycles. The van der Waals surface area contributed by atoms with E-state index in [4.69, 9.17) is 9.47 Å². The lowest BCUT2D eigenvalue weighted by Gasteiger charge is -2.29. The summed E-state index contributed by atoms with van der Waals surface area (Å²) < 4.78 is 11.3. The molecule has 2 atom stereocenters. The molecule has 146 valence electrons. The minimum Gasteiger partial charge on any atom is -0.489 e. The zero-order valence-corrected chi connectivity index (χ0v) is 16.3. The Hall–Kier alpha value is -2.08. The summed E-state index contributed by atoms with van der Waals surface area (Å²) >= 11 is 0. The Balaban J connectivity index is 0.00000261. The molecule has 0 aromatic heterocycles. The maximum Gasteiger partial charge on any atom is 0.239 e. The second-order valence-electron chi connectivity index (χ2n) is 6.47. The lowest BCUT2D eigenvalue weighted by molar-refractivity contribution is -0.128. The Labute approximate surface area is 166 Å². The van der Waals surface area contributed by atoms with Crippen molar-refractivity contribution in [1.82, 2.24) is 10.6 Å². The van der Waals surface area contributed by atoms with Crippen LogP contribution in [0.5, 0.6) is 5.75 Å². The van der Waals surface area contributed by atoms with E-state index in [1.165, 1.54) is 5.56 Å². The van der Waals surface area contributed by atoms with Crippen molar-refractivity contribution < 1.29 is 14.3 Å². The van der Waals surface area contributed by atoms with Crippen LogP contribution in [-0.2, 0) is 22.6 Å². The highest BCUT2D eigenvalue weighted by Gasteiger charge is 2.27. The Kier molecular flexibility index (Phi) is 8.58. The normalized spacial score (nSPS) is 19.0. The van der Waals surface area contributed by atoms with E-state index in [1.54, 1.807) is 0 Å². The SMILES string of the molecule is C[C@H]1OCCN[C@@H]1C(=O)NCCc1ccc(OCc2ccccc2)cc1.Cl. The van der Waals surface area contributed by atoms with Gasteiger partial charge in [0.25, 0.3) is 0 Å². The first-order valence-electron chi connectivity index (χ1n) is 9.11. The van der Waals surface area contributed by atoms with E-state index in [2.05, 4.69) is 10.6 Å². The second kappa shape index (κ2) is 10.9. The van der Waals surface area contributed by atoms with Gasteiger partial charge in [0.15, 0.2) is 0 Å². The van der Waals surface area contributed by atoms with Crippen molar-refractivity contribution in [1.29, 1.82) is 0 Å². The van der Waals surface area contributed by atoms with Crippen LogP contribution in [0.25, 0.3) is 0 Å². The lowest BCUT2D eigenvalue weighted by atomic mass is 10.1. The van der Waals surface area contributed by atoms with Gasteiger partial charge in [-0.25, -0.2) is 0 Å². The first-order valence-corrected chi connectivity index (χ1v) is 9.11. The molecule has 1 aliphatic heterocycles. The summed E-state index contributed by atoms with van der Waals surface area (Å²) in [6.07, 6.45) is 0.692. The quantitative estimate of drug-likeness (QED) is 0.763. The van der Waals surface area contributed by atoms with Crippen LogP contribution in [0.1, 0.15) is 18.1 Å². The lowest BCUT2D eigenvalue weighted by Crippen LogP contribution is -2.55. The fraction of sp³-hybridized carbons (Fsp3) is 0.381. The molecule has 6 heteroatoms. The average molecular weight is 391 g/mol. The molecular weight excluding hydrogens is 364 g/mol. The summed E-state index contributed by atoms with van der Waals surface area (Å²) in [6, 6.07) is 17.9. The Morgan fingerprint density at radius 2 is 1.89 bits per heavy atom. The summed E-state index contributed by atoms with van der Waals surface area (Å²) in [7, 11) is 0. The predicted molar refractivity (Wildman–Crippen MR) is 108 cm³/mol. The zero-order chi connectivity index (χ0) is 18.2. The molecule has 2 aromatic rings. The molecule has 0 aliphatic carbocycles. The molecule has 5 nitrogen and oxygen atoms in total. The number of hydrogen-bond acceptors (Lipinski definition) is 4. The highest BCUT2D eigenvalue weighted by Crippen LogP contribution is 2.14. The molecule has 0 unspecified atom stereocenters. The molecule has 0 saturated carbocycles. The third-order valence-electron chi connectivity index (χ3n) is 4.48. The molecule has 1 fully saturated rings. The van der Waals surface area contributed by atoms with Crippen molar-refractivity contribution in [3.05, 3.63) is 65.7 Å². The number of nitrogens with one attached hydrogen (secondary N) is 2. The van der Waals surface area contributed by atoms with Gasteiger partial charge in [0.05, 0.1) is 12.7 Å². The highest BCUT2D eigenvalue weighted by molar-refractivity contribution is 5.85. The molecule has 1 saturated heterocycles. The topological polar surface area (TPSA) is 59.6 Å². The number of carbonyl (C=O) groups is 1. The first kappa shape index (κ1) is 21.2. The fourth-order valence-corrected chi connectivity index (χ4v) is 2.96. The average Bonchev–Trinajstić information content (AvgIpc) is 2.68. The van der Waals surface area contributed by atoms with Gasteiger partial charge in [0.2, 0.25) is 5.91 Å². The van der Waals surface area contributed by atoms with Gasteiger partial charge in [-0.05, 0) is 36.6 Å². The number of amides is 1. The van der Waals surface area contributed by atoms with E-state index in [-0.39, 0.29) is 30.5 Å². The number of benzene rings is 2. The zero-order valence-electron chi connectivity index (χ0n) is 15.5. The fourth-order valence-electron chi connectivity index (χ4n) is 2.96. The van der Waals surface area contributed by atoms with E-state index in [1.807, 2.05) is 61.5 Å². The predicted octanol–water partition coefficient (Wildman–Crippen LogP) is 2.72. The van der Waals surface area contributed by atoms with Crippen LogP contribution in [0.15, 0.2) is 54.6 Å². The van der Waals surface area contributed by atoms with E-state index < -0.39 is 0 Å². The third kappa shape index (κ3) is 6.54. The summed E-state index contributed by atoms with van der Waals surface area (Å²) in [4.78, 5) is 12.2. The molecule has 0 radical (unpaired) electrons. The number of morpholine rings is 1. The highest BCUT2D eigenvalue weighted by atomic mass is 35.5. The van der Waals surface area contributed by atoms with Gasteiger partial charge in [-0.2, -0.15) is 0 Å². The standard InChI is InChI=1S/C21H26N2O3.ClH/c1-16-20(22-13-14-25-16)21(24)23-12-11-17-7-9-19(10-8-17)26-15-18-5-3-2-4-6-18;/h2-10,16,20,22H,11-15H2,1H3,(H,23,24);1H/t16-,20+;/m1./s1. The third-order valence-corrected chi connectivity index (χ3v) is 4.48. The van der Waals surface area contributed by atoms with Crippen molar-refractivity contribution in [3.63, 3.8) is 0 Å². The molecule has 1 amide bonds. The smallest absolute Gasteiger partial charge is 0.239 e. The minimum atomic E-state index is -0.266. The minimum absolute atomic E-state index is 0. The summed E-state index contributed by atoms with van der Waals surface area (Å²) in [5.74, 6) is 0.846. The van der Waals surface area contributed by atoms with Gasteiger partial charge in [0, 0.05) is 13.1 Å². The van der Waals surface area contributed by atoms with Gasteiger partial charge in [0.1, 0.15) is 18.4 Å². The molecule has 2 aromatic carbocycles. The molecular formula is C21H27ClN2O3. The van der Waals surface area contributed by atoms with Crippen LogP contribution >= 0.6 is 12.4 Å². The van der Waals surface area contributed by atoms with Crippen molar-refractivity contribution in [2.45, 2.75) is 32.1 Å². The monoisotopic (exact) mass is 390 g/mol. The summed E-state index contributed by atoms with van der Waals surface area (Å²) in [6.45, 7) is 4.46. The largest absolute Gasteiger partial charge is 0.489 e. The van der Waals surface area contributed by atoms with E-state index in [0.29, 0.717) is 26.3 Å². The molecule has 3 rings (SSSR count). The van der Waals surface area contributed by atoms with Crippen LogP contribution < -0.4 is 15.4 Å². The van der Waals surface area contributed by atoms with Crippen molar-refractivity contribution >= 4 is 18.3 Å². The molecule has 0 spiro atoms. The number of rotatable bonds is 7. The Morgan fingerprint density at radius 1 is 1.15 bits per heavy atom. The van der Waals surface area contributed by atoms with Gasteiger partial charge in [-0.15, -0.1) is 12.4 Å². The van der Waals surface area contributed by atoms with Crippen LogP contribution in [0, 0.1) is 0 Å². The van der Waals surface area contributed by atoms with Crippen LogP contribution in [0.2, 0.25) is 0 Å². The van der Waals surface area contributed by atoms with Crippen molar-refractivity contribution in [2.75, 3.05) is 19.7 Å². The molecule has 1 aliphatic rings. The van der Waals surface area contributed by atoms with E-state index in [0.717, 1.165) is 17.7 Å². The van der Waals surface area contributed by atoms with Gasteiger partial charge in [-0.3, -0.25) is 4.79 Å². The molecule has 2 N–H and O–H groups in total. The molecule has 27 heavy (non-hydrogen) atoms.